The zero-order valence-corrected chi connectivity index (χ0v) is 10.9. The van der Waals surface area contributed by atoms with E-state index in [-0.39, 0.29) is 21.1 Å². The van der Waals surface area contributed by atoms with E-state index in [9.17, 15) is 13.2 Å². The van der Waals surface area contributed by atoms with Gasteiger partial charge in [0.25, 0.3) is 0 Å². The Morgan fingerprint density at radius 1 is 1.06 bits per heavy atom. The van der Waals surface area contributed by atoms with Crippen LogP contribution >= 0.6 is 0 Å². The second kappa shape index (κ2) is 8.43. The summed E-state index contributed by atoms with van der Waals surface area (Å²) < 4.78 is 35.8. The van der Waals surface area contributed by atoms with E-state index in [1.54, 1.807) is 0 Å². The largest absolute Gasteiger partial charge is 2.00 e. The second-order valence-electron chi connectivity index (χ2n) is 3.04. The number of halogens is 3. The molecule has 0 atom stereocenters. The molecule has 0 saturated heterocycles. The molecule has 0 rings (SSSR count). The first-order chi connectivity index (χ1) is 7.01. The Labute approximate surface area is 109 Å². The molecule has 0 unspecified atom stereocenters. The molecule has 10 heteroatoms. The van der Waals surface area contributed by atoms with Gasteiger partial charge in [-0.15, -0.1) is 0 Å². The molecule has 0 aromatic carbocycles. The van der Waals surface area contributed by atoms with Gasteiger partial charge in [0.2, 0.25) is 0 Å². The van der Waals surface area contributed by atoms with Gasteiger partial charge in [0.1, 0.15) is 0 Å². The summed E-state index contributed by atoms with van der Waals surface area (Å²) in [5.41, 5.74) is 7.88. The van der Waals surface area contributed by atoms with Crippen molar-refractivity contribution in [3.8, 4) is 0 Å². The molecule has 0 radical (unpaired) electrons. The molecule has 0 aliphatic heterocycles. The molecule has 0 aliphatic carbocycles. The van der Waals surface area contributed by atoms with Crippen LogP contribution in [0.2, 0.25) is 0 Å². The van der Waals surface area contributed by atoms with Crippen molar-refractivity contribution in [2.75, 3.05) is 13.1 Å². The van der Waals surface area contributed by atoms with E-state index >= 15 is 0 Å². The number of aliphatic carboxylic acids is 2. The van der Waals surface area contributed by atoms with Crippen molar-refractivity contribution < 1.29 is 54.0 Å². The van der Waals surface area contributed by atoms with Crippen LogP contribution in [0.5, 0.6) is 0 Å². The van der Waals surface area contributed by atoms with Crippen LogP contribution < -0.4 is 21.7 Å². The van der Waals surface area contributed by atoms with Crippen LogP contribution in [-0.4, -0.2) is 31.2 Å². The Kier molecular flexibility index (Phi) is 10.7. The molecule has 0 amide bonds. The Hall–Kier alpha value is -0.662. The van der Waals surface area contributed by atoms with Gasteiger partial charge in [-0.05, 0) is 6.92 Å². The molecule has 0 heterocycles. The standard InChI is InChI=1S/C5H11F3N2.C2H2O4.Pt/c1-4(2-9,3-10)5(6,7)8;3-1(4)2(5)6;/h2-3,9-10H2,1H3;(H,3,4)(H,5,6);/q;;+2/p-2. The SMILES string of the molecule is CC(CN)(CN)C(F)(F)F.O=C([O-])C(=O)[O-].[Pt+2]. The van der Waals surface area contributed by atoms with Crippen LogP contribution in [0.4, 0.5) is 13.2 Å². The third kappa shape index (κ3) is 8.11. The van der Waals surface area contributed by atoms with Gasteiger partial charge in [0.15, 0.2) is 0 Å². The maximum Gasteiger partial charge on any atom is 2.00 e. The minimum Gasteiger partial charge on any atom is -0.543 e. The number of hydrogen-bond donors (Lipinski definition) is 2. The summed E-state index contributed by atoms with van der Waals surface area (Å²) in [7, 11) is 0. The molecule has 0 bridgehead atoms. The molecule has 0 aromatic heterocycles. The van der Waals surface area contributed by atoms with Crippen LogP contribution in [0.3, 0.4) is 0 Å². The minimum atomic E-state index is -4.30. The Morgan fingerprint density at radius 2 is 1.29 bits per heavy atom. The summed E-state index contributed by atoms with van der Waals surface area (Å²) in [4.78, 5) is 17.9. The van der Waals surface area contributed by atoms with Crippen molar-refractivity contribution in [2.45, 2.75) is 13.1 Å². The van der Waals surface area contributed by atoms with E-state index in [4.69, 9.17) is 31.3 Å². The smallest absolute Gasteiger partial charge is 0.543 e. The van der Waals surface area contributed by atoms with Gasteiger partial charge in [-0.2, -0.15) is 13.2 Å². The third-order valence-electron chi connectivity index (χ3n) is 1.75. The monoisotopic (exact) mass is 439 g/mol. The third-order valence-corrected chi connectivity index (χ3v) is 1.75. The zero-order valence-electron chi connectivity index (χ0n) is 8.65. The molecular formula is C7H11F3N2O4Pt. The van der Waals surface area contributed by atoms with Gasteiger partial charge >= 0.3 is 27.2 Å². The summed E-state index contributed by atoms with van der Waals surface area (Å²) in [6, 6.07) is 0. The maximum atomic E-state index is 11.9. The first-order valence-corrected chi connectivity index (χ1v) is 3.91. The quantitative estimate of drug-likeness (QED) is 0.440. The normalized spacial score (nSPS) is 10.7. The van der Waals surface area contributed by atoms with Crippen LogP contribution in [0.25, 0.3) is 0 Å². The number of hydrogen-bond acceptors (Lipinski definition) is 6. The molecule has 0 saturated carbocycles. The molecule has 0 aliphatic rings. The summed E-state index contributed by atoms with van der Waals surface area (Å²) in [5.74, 6) is -4.37. The predicted molar refractivity (Wildman–Crippen MR) is 42.3 cm³/mol. The van der Waals surface area contributed by atoms with Gasteiger partial charge < -0.3 is 31.3 Å². The summed E-state index contributed by atoms with van der Waals surface area (Å²) in [5, 5.41) is 17.9. The fourth-order valence-corrected chi connectivity index (χ4v) is 0.315. The van der Waals surface area contributed by atoms with Crippen molar-refractivity contribution in [2.24, 2.45) is 16.9 Å². The van der Waals surface area contributed by atoms with E-state index in [0.717, 1.165) is 6.92 Å². The molecule has 0 aromatic rings. The van der Waals surface area contributed by atoms with Crippen LogP contribution in [0, 0.1) is 5.41 Å². The van der Waals surface area contributed by atoms with Crippen molar-refractivity contribution in [3.05, 3.63) is 0 Å². The van der Waals surface area contributed by atoms with Gasteiger partial charge in [0.05, 0.1) is 17.4 Å². The summed E-state index contributed by atoms with van der Waals surface area (Å²) in [6.07, 6.45) is -4.30. The Bertz CT molecular complexity index is 244. The summed E-state index contributed by atoms with van der Waals surface area (Å²) >= 11 is 0. The second-order valence-corrected chi connectivity index (χ2v) is 3.04. The first-order valence-electron chi connectivity index (χ1n) is 3.91. The Balaban J connectivity index is -0.000000244. The van der Waals surface area contributed by atoms with Gasteiger partial charge in [0, 0.05) is 13.1 Å². The van der Waals surface area contributed by atoms with Crippen molar-refractivity contribution >= 4 is 11.9 Å². The van der Waals surface area contributed by atoms with Crippen molar-refractivity contribution in [3.63, 3.8) is 0 Å². The number of carboxylic acid groups (broad SMARTS) is 2. The van der Waals surface area contributed by atoms with E-state index in [2.05, 4.69) is 0 Å². The number of carbonyl (C=O) groups is 2. The zero-order chi connectivity index (χ0) is 13.6. The van der Waals surface area contributed by atoms with E-state index in [0.29, 0.717) is 0 Å². The van der Waals surface area contributed by atoms with Gasteiger partial charge in [-0.1, -0.05) is 0 Å². The van der Waals surface area contributed by atoms with Crippen molar-refractivity contribution in [1.29, 1.82) is 0 Å². The number of alkyl halides is 3. The Morgan fingerprint density at radius 3 is 1.29 bits per heavy atom. The van der Waals surface area contributed by atoms with Crippen molar-refractivity contribution in [1.82, 2.24) is 0 Å². The molecule has 17 heavy (non-hydrogen) atoms. The van der Waals surface area contributed by atoms with Crippen LogP contribution in [-0.2, 0) is 30.7 Å². The number of nitrogens with two attached hydrogens (primary N) is 2. The number of carbonyl (C=O) groups excluding carboxylic acids is 2. The topological polar surface area (TPSA) is 132 Å². The fourth-order valence-electron chi connectivity index (χ4n) is 0.315. The summed E-state index contributed by atoms with van der Waals surface area (Å²) in [6.45, 7) is 0.0764. The van der Waals surface area contributed by atoms with E-state index in [1.165, 1.54) is 0 Å². The minimum absolute atomic E-state index is 0. The van der Waals surface area contributed by atoms with Crippen LogP contribution in [0.15, 0.2) is 0 Å². The van der Waals surface area contributed by atoms with E-state index < -0.39 is 36.6 Å². The molecular weight excluding hydrogens is 428 g/mol. The van der Waals surface area contributed by atoms with Gasteiger partial charge in [-0.3, -0.25) is 0 Å². The number of rotatable bonds is 2. The van der Waals surface area contributed by atoms with Gasteiger partial charge in [-0.25, -0.2) is 0 Å². The molecule has 6 nitrogen and oxygen atoms in total. The first kappa shape index (κ1) is 21.6. The molecule has 0 fully saturated rings. The maximum absolute atomic E-state index is 11.9. The predicted octanol–water partition coefficient (Wildman–Crippen LogP) is -3.04. The average Bonchev–Trinajstić information content (AvgIpc) is 2.15. The number of carboxylic acids is 2. The molecule has 4 N–H and O–H groups in total. The molecule has 0 spiro atoms. The fraction of sp³-hybridized carbons (Fsp3) is 0.714. The van der Waals surface area contributed by atoms with E-state index in [1.807, 2.05) is 0 Å². The van der Waals surface area contributed by atoms with Crippen LogP contribution in [0.1, 0.15) is 6.92 Å². The molecule has 104 valence electrons. The average molecular weight is 439 g/mol.